The summed E-state index contributed by atoms with van der Waals surface area (Å²) in [6.07, 6.45) is 9.63. The predicted octanol–water partition coefficient (Wildman–Crippen LogP) is 6.06. The molecule has 0 radical (unpaired) electrons. The quantitative estimate of drug-likeness (QED) is 0.448. The Kier molecular flexibility index (Phi) is 8.14. The van der Waals surface area contributed by atoms with Gasteiger partial charge in [-0.2, -0.15) is 0 Å². The molecule has 98 valence electrons. The van der Waals surface area contributed by atoms with Crippen molar-refractivity contribution in [2.24, 2.45) is 17.3 Å². The van der Waals surface area contributed by atoms with E-state index in [1.807, 2.05) is 0 Å². The average molecular weight is 226 g/mol. The van der Waals surface area contributed by atoms with Crippen LogP contribution in [-0.2, 0) is 0 Å². The van der Waals surface area contributed by atoms with Gasteiger partial charge in [-0.05, 0) is 23.7 Å². The van der Waals surface area contributed by atoms with Crippen molar-refractivity contribution in [3.63, 3.8) is 0 Å². The summed E-state index contributed by atoms with van der Waals surface area (Å²) >= 11 is 0. The van der Waals surface area contributed by atoms with Crippen molar-refractivity contribution in [3.8, 4) is 0 Å². The SMILES string of the molecule is CCCC(CC)C(CC)CC(C)(CC)CC. The van der Waals surface area contributed by atoms with Crippen LogP contribution in [0.25, 0.3) is 0 Å². The summed E-state index contributed by atoms with van der Waals surface area (Å²) in [6, 6.07) is 0. The van der Waals surface area contributed by atoms with Crippen LogP contribution in [0.2, 0.25) is 0 Å². The molecule has 0 saturated heterocycles. The molecule has 0 bridgehead atoms. The van der Waals surface area contributed by atoms with Crippen molar-refractivity contribution in [2.45, 2.75) is 86.5 Å². The summed E-state index contributed by atoms with van der Waals surface area (Å²) in [6.45, 7) is 14.3. The third-order valence-electron chi connectivity index (χ3n) is 4.84. The van der Waals surface area contributed by atoms with Crippen molar-refractivity contribution in [2.75, 3.05) is 0 Å². The molecule has 0 spiro atoms. The van der Waals surface area contributed by atoms with E-state index < -0.39 is 0 Å². The van der Waals surface area contributed by atoms with Gasteiger partial charge in [0.05, 0.1) is 0 Å². The zero-order valence-corrected chi connectivity index (χ0v) is 12.6. The molecule has 0 aromatic rings. The zero-order valence-electron chi connectivity index (χ0n) is 12.6. The maximum absolute atomic E-state index is 2.48. The van der Waals surface area contributed by atoms with Crippen LogP contribution in [0.1, 0.15) is 86.5 Å². The molecule has 0 aliphatic rings. The lowest BCUT2D eigenvalue weighted by Gasteiger charge is -2.35. The lowest BCUT2D eigenvalue weighted by Crippen LogP contribution is -2.24. The second-order valence-corrected chi connectivity index (χ2v) is 5.85. The van der Waals surface area contributed by atoms with Crippen molar-refractivity contribution in [1.82, 2.24) is 0 Å². The second kappa shape index (κ2) is 8.14. The smallest absolute Gasteiger partial charge is 0.0328 e. The molecule has 16 heavy (non-hydrogen) atoms. The minimum absolute atomic E-state index is 0.585. The van der Waals surface area contributed by atoms with E-state index in [1.165, 1.54) is 44.9 Å². The van der Waals surface area contributed by atoms with Crippen LogP contribution >= 0.6 is 0 Å². The third-order valence-corrected chi connectivity index (χ3v) is 4.84. The fraction of sp³-hybridized carbons (Fsp3) is 1.00. The molecule has 2 unspecified atom stereocenters. The molecule has 2 atom stereocenters. The van der Waals surface area contributed by atoms with Gasteiger partial charge in [-0.3, -0.25) is 0 Å². The molecule has 0 heterocycles. The highest BCUT2D eigenvalue weighted by Crippen LogP contribution is 2.39. The largest absolute Gasteiger partial charge is 0.0654 e. The van der Waals surface area contributed by atoms with Gasteiger partial charge in [0.2, 0.25) is 0 Å². The van der Waals surface area contributed by atoms with Gasteiger partial charge in [0, 0.05) is 0 Å². The Morgan fingerprint density at radius 3 is 1.62 bits per heavy atom. The molecule has 0 rings (SSSR count). The molecule has 0 fully saturated rings. The number of rotatable bonds is 9. The Bertz CT molecular complexity index is 155. The molecule has 0 heteroatoms. The Labute approximate surface area is 104 Å². The van der Waals surface area contributed by atoms with E-state index >= 15 is 0 Å². The first-order valence-corrected chi connectivity index (χ1v) is 7.56. The number of hydrogen-bond acceptors (Lipinski definition) is 0. The zero-order chi connectivity index (χ0) is 12.6. The van der Waals surface area contributed by atoms with Gasteiger partial charge in [0.1, 0.15) is 0 Å². The van der Waals surface area contributed by atoms with Crippen LogP contribution in [0.15, 0.2) is 0 Å². The molecule has 0 aliphatic carbocycles. The van der Waals surface area contributed by atoms with Crippen LogP contribution < -0.4 is 0 Å². The molecule has 0 N–H and O–H groups in total. The van der Waals surface area contributed by atoms with Gasteiger partial charge in [-0.25, -0.2) is 0 Å². The molecule has 0 aromatic heterocycles. The summed E-state index contributed by atoms with van der Waals surface area (Å²) in [4.78, 5) is 0. The lowest BCUT2D eigenvalue weighted by molar-refractivity contribution is 0.163. The summed E-state index contributed by atoms with van der Waals surface area (Å²) < 4.78 is 0. The van der Waals surface area contributed by atoms with Gasteiger partial charge < -0.3 is 0 Å². The molecule has 0 saturated carbocycles. The first-order valence-electron chi connectivity index (χ1n) is 7.56. The van der Waals surface area contributed by atoms with Crippen LogP contribution in [0.3, 0.4) is 0 Å². The Morgan fingerprint density at radius 2 is 1.31 bits per heavy atom. The minimum atomic E-state index is 0.585. The Hall–Kier alpha value is 0. The maximum Gasteiger partial charge on any atom is -0.0328 e. The van der Waals surface area contributed by atoms with Crippen molar-refractivity contribution < 1.29 is 0 Å². The molecular weight excluding hydrogens is 192 g/mol. The summed E-state index contributed by atoms with van der Waals surface area (Å²) in [5, 5.41) is 0. The van der Waals surface area contributed by atoms with E-state index in [0.717, 1.165) is 11.8 Å². The highest BCUT2D eigenvalue weighted by molar-refractivity contribution is 4.78. The molecule has 0 amide bonds. The summed E-state index contributed by atoms with van der Waals surface area (Å²) in [7, 11) is 0. The predicted molar refractivity (Wildman–Crippen MR) is 75.8 cm³/mol. The van der Waals surface area contributed by atoms with Gasteiger partial charge in [-0.1, -0.05) is 80.1 Å². The average Bonchev–Trinajstić information content (AvgIpc) is 2.33. The van der Waals surface area contributed by atoms with Crippen LogP contribution in [-0.4, -0.2) is 0 Å². The first-order chi connectivity index (χ1) is 7.56. The van der Waals surface area contributed by atoms with Crippen LogP contribution in [0.4, 0.5) is 0 Å². The van der Waals surface area contributed by atoms with Crippen LogP contribution in [0, 0.1) is 17.3 Å². The maximum atomic E-state index is 2.48. The molecule has 0 aliphatic heterocycles. The minimum Gasteiger partial charge on any atom is -0.0654 e. The van der Waals surface area contributed by atoms with Crippen molar-refractivity contribution >= 4 is 0 Å². The van der Waals surface area contributed by atoms with E-state index in [4.69, 9.17) is 0 Å². The van der Waals surface area contributed by atoms with E-state index in [0.29, 0.717) is 5.41 Å². The van der Waals surface area contributed by atoms with E-state index in [2.05, 4.69) is 41.5 Å². The van der Waals surface area contributed by atoms with Gasteiger partial charge in [0.15, 0.2) is 0 Å². The highest BCUT2D eigenvalue weighted by Gasteiger charge is 2.27. The fourth-order valence-electron chi connectivity index (χ4n) is 2.96. The normalized spacial score (nSPS) is 16.1. The van der Waals surface area contributed by atoms with E-state index in [9.17, 15) is 0 Å². The van der Waals surface area contributed by atoms with Crippen molar-refractivity contribution in [1.29, 1.82) is 0 Å². The Morgan fingerprint density at radius 1 is 0.812 bits per heavy atom. The third kappa shape index (κ3) is 4.89. The van der Waals surface area contributed by atoms with Gasteiger partial charge in [-0.15, -0.1) is 0 Å². The lowest BCUT2D eigenvalue weighted by atomic mass is 9.71. The van der Waals surface area contributed by atoms with E-state index in [1.54, 1.807) is 0 Å². The van der Waals surface area contributed by atoms with E-state index in [-0.39, 0.29) is 0 Å². The number of hydrogen-bond donors (Lipinski definition) is 0. The summed E-state index contributed by atoms with van der Waals surface area (Å²) in [5.41, 5.74) is 0.585. The highest BCUT2D eigenvalue weighted by atomic mass is 14.3. The second-order valence-electron chi connectivity index (χ2n) is 5.85. The molecular formula is C16H34. The van der Waals surface area contributed by atoms with Gasteiger partial charge in [0.25, 0.3) is 0 Å². The molecule has 0 nitrogen and oxygen atoms in total. The van der Waals surface area contributed by atoms with Gasteiger partial charge >= 0.3 is 0 Å². The van der Waals surface area contributed by atoms with Crippen molar-refractivity contribution in [3.05, 3.63) is 0 Å². The fourth-order valence-corrected chi connectivity index (χ4v) is 2.96. The molecule has 0 aromatic carbocycles. The standard InChI is InChI=1S/C16H34/c1-7-12-14(8-2)15(9-3)13-16(6,10-4)11-5/h14-15H,7-13H2,1-6H3. The topological polar surface area (TPSA) is 0 Å². The Balaban J connectivity index is 4.46. The van der Waals surface area contributed by atoms with Crippen LogP contribution in [0.5, 0.6) is 0 Å². The monoisotopic (exact) mass is 226 g/mol. The first kappa shape index (κ1) is 16.0. The summed E-state index contributed by atoms with van der Waals surface area (Å²) in [5.74, 6) is 1.92.